The Hall–Kier alpha value is -2.74. The van der Waals surface area contributed by atoms with E-state index in [4.69, 9.17) is 4.74 Å². The van der Waals surface area contributed by atoms with E-state index < -0.39 is 10.0 Å². The number of carbonyl (C=O) groups excluding carboxylic acids is 1. The maximum atomic E-state index is 12.6. The number of sulfonamides is 1. The molecule has 3 rings (SSSR count). The number of para-hydroxylation sites is 3. The molecule has 1 amide bonds. The molecule has 8 heteroatoms. The Labute approximate surface area is 178 Å². The monoisotopic (exact) mass is 431 g/mol. The van der Waals surface area contributed by atoms with Crippen molar-refractivity contribution in [2.45, 2.75) is 12.8 Å². The van der Waals surface area contributed by atoms with E-state index in [1.807, 2.05) is 35.2 Å². The summed E-state index contributed by atoms with van der Waals surface area (Å²) in [5.41, 5.74) is 1.66. The van der Waals surface area contributed by atoms with E-state index in [1.165, 1.54) is 10.6 Å². The van der Waals surface area contributed by atoms with Crippen LogP contribution in [0, 0.1) is 0 Å². The van der Waals surface area contributed by atoms with Gasteiger partial charge in [0.1, 0.15) is 5.75 Å². The SMILES string of the molecule is COc1ccccc1N1CCN(C(=O)CCCN(c2ccccc2)S(C)(=O)=O)CC1. The molecule has 0 atom stereocenters. The first-order valence-corrected chi connectivity index (χ1v) is 11.9. The molecule has 0 aliphatic carbocycles. The van der Waals surface area contributed by atoms with Gasteiger partial charge in [0.2, 0.25) is 15.9 Å². The van der Waals surface area contributed by atoms with Crippen molar-refractivity contribution in [1.82, 2.24) is 4.90 Å². The average molecular weight is 432 g/mol. The van der Waals surface area contributed by atoms with E-state index in [2.05, 4.69) is 4.90 Å². The third-order valence-corrected chi connectivity index (χ3v) is 6.45. The molecule has 162 valence electrons. The summed E-state index contributed by atoms with van der Waals surface area (Å²) < 4.78 is 31.1. The standard InChI is InChI=1S/C22H29N3O4S/c1-29-21-12-7-6-11-20(21)23-15-17-24(18-16-23)22(26)13-8-14-25(30(2,27)28)19-9-4-3-5-10-19/h3-7,9-12H,8,13-18H2,1-2H3. The lowest BCUT2D eigenvalue weighted by atomic mass is 10.2. The van der Waals surface area contributed by atoms with Gasteiger partial charge in [-0.25, -0.2) is 8.42 Å². The smallest absolute Gasteiger partial charge is 0.232 e. The first-order valence-electron chi connectivity index (χ1n) is 10.1. The molecule has 1 aliphatic rings. The maximum Gasteiger partial charge on any atom is 0.232 e. The lowest BCUT2D eigenvalue weighted by Gasteiger charge is -2.36. The number of anilines is 2. The summed E-state index contributed by atoms with van der Waals surface area (Å²) in [4.78, 5) is 16.7. The average Bonchev–Trinajstić information content (AvgIpc) is 2.76. The number of ether oxygens (including phenoxy) is 1. The van der Waals surface area contributed by atoms with E-state index >= 15 is 0 Å². The van der Waals surface area contributed by atoms with Gasteiger partial charge in [0, 0.05) is 39.1 Å². The fraction of sp³-hybridized carbons (Fsp3) is 0.409. The molecule has 0 aromatic heterocycles. The molecular formula is C22H29N3O4S. The van der Waals surface area contributed by atoms with Crippen LogP contribution in [0.1, 0.15) is 12.8 Å². The van der Waals surface area contributed by atoms with Crippen LogP contribution in [0.25, 0.3) is 0 Å². The lowest BCUT2D eigenvalue weighted by molar-refractivity contribution is -0.131. The molecule has 2 aromatic carbocycles. The van der Waals surface area contributed by atoms with Crippen molar-refractivity contribution >= 4 is 27.3 Å². The highest BCUT2D eigenvalue weighted by molar-refractivity contribution is 7.92. The fourth-order valence-corrected chi connectivity index (χ4v) is 4.67. The van der Waals surface area contributed by atoms with Gasteiger partial charge in [0.05, 0.1) is 24.7 Å². The number of hydrogen-bond acceptors (Lipinski definition) is 5. The molecule has 30 heavy (non-hydrogen) atoms. The molecule has 1 heterocycles. The zero-order valence-corrected chi connectivity index (χ0v) is 18.3. The van der Waals surface area contributed by atoms with E-state index in [1.54, 1.807) is 31.4 Å². The summed E-state index contributed by atoms with van der Waals surface area (Å²) in [5.74, 6) is 0.898. The quantitative estimate of drug-likeness (QED) is 0.643. The molecule has 0 spiro atoms. The summed E-state index contributed by atoms with van der Waals surface area (Å²) in [6.07, 6.45) is 2.00. The molecule has 1 saturated heterocycles. The largest absolute Gasteiger partial charge is 0.495 e. The number of piperazine rings is 1. The molecule has 1 aliphatic heterocycles. The van der Waals surface area contributed by atoms with Gasteiger partial charge in [-0.3, -0.25) is 9.10 Å². The Morgan fingerprint density at radius 1 is 1.00 bits per heavy atom. The second-order valence-electron chi connectivity index (χ2n) is 7.31. The summed E-state index contributed by atoms with van der Waals surface area (Å²) in [7, 11) is -1.73. The Bertz CT molecular complexity index is 942. The lowest BCUT2D eigenvalue weighted by Crippen LogP contribution is -2.49. The van der Waals surface area contributed by atoms with Gasteiger partial charge in [-0.05, 0) is 30.7 Å². The zero-order chi connectivity index (χ0) is 21.6. The first-order chi connectivity index (χ1) is 14.4. The highest BCUT2D eigenvalue weighted by Crippen LogP contribution is 2.28. The zero-order valence-electron chi connectivity index (χ0n) is 17.5. The molecular weight excluding hydrogens is 402 g/mol. The molecule has 2 aromatic rings. The minimum Gasteiger partial charge on any atom is -0.495 e. The molecule has 0 N–H and O–H groups in total. The second-order valence-corrected chi connectivity index (χ2v) is 9.22. The molecule has 0 radical (unpaired) electrons. The third-order valence-electron chi connectivity index (χ3n) is 5.25. The van der Waals surface area contributed by atoms with Crippen LogP contribution in [-0.2, 0) is 14.8 Å². The van der Waals surface area contributed by atoms with Crippen LogP contribution < -0.4 is 13.9 Å². The molecule has 1 fully saturated rings. The van der Waals surface area contributed by atoms with Crippen LogP contribution in [-0.4, -0.2) is 65.3 Å². The predicted octanol–water partition coefficient (Wildman–Crippen LogP) is 2.59. The number of nitrogens with zero attached hydrogens (tertiary/aromatic N) is 3. The van der Waals surface area contributed by atoms with Crippen LogP contribution >= 0.6 is 0 Å². The number of carbonyl (C=O) groups is 1. The van der Waals surface area contributed by atoms with Gasteiger partial charge < -0.3 is 14.5 Å². The topological polar surface area (TPSA) is 70.2 Å². The van der Waals surface area contributed by atoms with E-state index in [0.29, 0.717) is 31.6 Å². The Balaban J connectivity index is 1.51. The van der Waals surface area contributed by atoms with Gasteiger partial charge in [-0.2, -0.15) is 0 Å². The number of benzene rings is 2. The summed E-state index contributed by atoms with van der Waals surface area (Å²) in [5, 5.41) is 0. The van der Waals surface area contributed by atoms with E-state index in [0.717, 1.165) is 24.5 Å². The third kappa shape index (κ3) is 5.44. The van der Waals surface area contributed by atoms with Gasteiger partial charge in [-0.1, -0.05) is 30.3 Å². The minimum absolute atomic E-state index is 0.0659. The van der Waals surface area contributed by atoms with Crippen molar-refractivity contribution in [1.29, 1.82) is 0 Å². The highest BCUT2D eigenvalue weighted by atomic mass is 32.2. The maximum absolute atomic E-state index is 12.6. The van der Waals surface area contributed by atoms with Crippen LogP contribution in [0.3, 0.4) is 0 Å². The molecule has 0 unspecified atom stereocenters. The Morgan fingerprint density at radius 2 is 1.63 bits per heavy atom. The van der Waals surface area contributed by atoms with Crippen molar-refractivity contribution in [3.8, 4) is 5.75 Å². The van der Waals surface area contributed by atoms with Gasteiger partial charge >= 0.3 is 0 Å². The van der Waals surface area contributed by atoms with Crippen molar-refractivity contribution in [3.05, 3.63) is 54.6 Å². The van der Waals surface area contributed by atoms with Crippen molar-refractivity contribution < 1.29 is 17.9 Å². The Kier molecular flexibility index (Phi) is 7.20. The fourth-order valence-electron chi connectivity index (χ4n) is 3.70. The summed E-state index contributed by atoms with van der Waals surface area (Å²) in [6, 6.07) is 16.9. The van der Waals surface area contributed by atoms with Gasteiger partial charge in [0.15, 0.2) is 0 Å². The summed E-state index contributed by atoms with van der Waals surface area (Å²) in [6.45, 7) is 3.06. The van der Waals surface area contributed by atoms with E-state index in [9.17, 15) is 13.2 Å². The second kappa shape index (κ2) is 9.84. The van der Waals surface area contributed by atoms with Crippen molar-refractivity contribution in [2.24, 2.45) is 0 Å². The van der Waals surface area contributed by atoms with Crippen molar-refractivity contribution in [3.63, 3.8) is 0 Å². The minimum atomic E-state index is -3.40. The number of amides is 1. The van der Waals surface area contributed by atoms with Crippen molar-refractivity contribution in [2.75, 3.05) is 55.3 Å². The molecule has 0 bridgehead atoms. The number of hydrogen-bond donors (Lipinski definition) is 0. The van der Waals surface area contributed by atoms with Crippen LogP contribution in [0.2, 0.25) is 0 Å². The molecule has 7 nitrogen and oxygen atoms in total. The summed E-state index contributed by atoms with van der Waals surface area (Å²) >= 11 is 0. The van der Waals surface area contributed by atoms with Crippen LogP contribution in [0.4, 0.5) is 11.4 Å². The van der Waals surface area contributed by atoms with Crippen LogP contribution in [0.15, 0.2) is 54.6 Å². The van der Waals surface area contributed by atoms with E-state index in [-0.39, 0.29) is 12.5 Å². The number of methoxy groups -OCH3 is 1. The Morgan fingerprint density at radius 3 is 2.27 bits per heavy atom. The number of rotatable bonds is 8. The van der Waals surface area contributed by atoms with Crippen LogP contribution in [0.5, 0.6) is 5.75 Å². The normalized spacial score (nSPS) is 14.5. The highest BCUT2D eigenvalue weighted by Gasteiger charge is 2.23. The van der Waals surface area contributed by atoms with Gasteiger partial charge in [0.25, 0.3) is 0 Å². The first kappa shape index (κ1) is 22.0. The predicted molar refractivity (Wildman–Crippen MR) is 120 cm³/mol. The van der Waals surface area contributed by atoms with Gasteiger partial charge in [-0.15, -0.1) is 0 Å². The molecule has 0 saturated carbocycles.